The van der Waals surface area contributed by atoms with Crippen LogP contribution in [0.1, 0.15) is 19.3 Å². The Morgan fingerprint density at radius 1 is 1.59 bits per heavy atom. The summed E-state index contributed by atoms with van der Waals surface area (Å²) in [5, 5.41) is 2.68. The smallest absolute Gasteiger partial charge is 0.237 e. The second kappa shape index (κ2) is 6.32. The maximum Gasteiger partial charge on any atom is 0.237 e. The van der Waals surface area contributed by atoms with Gasteiger partial charge in [0.25, 0.3) is 0 Å². The Hall–Kier alpha value is -0.660. The van der Waals surface area contributed by atoms with E-state index in [0.29, 0.717) is 25.9 Å². The molecule has 3 N–H and O–H groups in total. The van der Waals surface area contributed by atoms with Gasteiger partial charge in [-0.1, -0.05) is 0 Å². The molecule has 0 saturated carbocycles. The minimum Gasteiger partial charge on any atom is -0.385 e. The van der Waals surface area contributed by atoms with Crippen LogP contribution in [0.4, 0.5) is 0 Å². The fourth-order valence-corrected chi connectivity index (χ4v) is 3.46. The molecule has 1 heterocycles. The van der Waals surface area contributed by atoms with E-state index in [9.17, 15) is 13.2 Å². The van der Waals surface area contributed by atoms with Crippen molar-refractivity contribution in [1.82, 2.24) is 5.32 Å². The molecule has 17 heavy (non-hydrogen) atoms. The third kappa shape index (κ3) is 5.01. The van der Waals surface area contributed by atoms with E-state index in [0.717, 1.165) is 0 Å². The van der Waals surface area contributed by atoms with Crippen LogP contribution in [-0.2, 0) is 19.4 Å². The number of hydrogen-bond donors (Lipinski definition) is 2. The van der Waals surface area contributed by atoms with Crippen molar-refractivity contribution >= 4 is 15.7 Å². The minimum absolute atomic E-state index is 0.0235. The Balaban J connectivity index is 2.40. The average molecular weight is 264 g/mol. The molecule has 0 radical (unpaired) electrons. The van der Waals surface area contributed by atoms with Crippen molar-refractivity contribution < 1.29 is 17.9 Å². The summed E-state index contributed by atoms with van der Waals surface area (Å²) in [6.07, 6.45) is 1.73. The van der Waals surface area contributed by atoms with Crippen molar-refractivity contribution in [2.45, 2.75) is 31.3 Å². The SMILES string of the molecule is COCCC(N)C(=O)NC1CCCS(=O)(=O)C1. The molecule has 0 aromatic rings. The third-order valence-corrected chi connectivity index (χ3v) is 4.60. The highest BCUT2D eigenvalue weighted by molar-refractivity contribution is 7.91. The second-order valence-corrected chi connectivity index (χ2v) is 6.58. The van der Waals surface area contributed by atoms with Crippen molar-refractivity contribution in [3.8, 4) is 0 Å². The van der Waals surface area contributed by atoms with Crippen molar-refractivity contribution in [2.24, 2.45) is 5.73 Å². The van der Waals surface area contributed by atoms with E-state index in [1.54, 1.807) is 7.11 Å². The maximum atomic E-state index is 11.6. The molecule has 0 aromatic heterocycles. The highest BCUT2D eigenvalue weighted by atomic mass is 32.2. The summed E-state index contributed by atoms with van der Waals surface area (Å²) in [6, 6.07) is -0.936. The van der Waals surface area contributed by atoms with Gasteiger partial charge in [0.1, 0.15) is 0 Å². The van der Waals surface area contributed by atoms with Gasteiger partial charge in [0.05, 0.1) is 17.5 Å². The van der Waals surface area contributed by atoms with E-state index < -0.39 is 15.9 Å². The summed E-state index contributed by atoms with van der Waals surface area (Å²) >= 11 is 0. The number of methoxy groups -OCH3 is 1. The molecular weight excluding hydrogens is 244 g/mol. The van der Waals surface area contributed by atoms with Crippen LogP contribution in [-0.4, -0.2) is 51.6 Å². The van der Waals surface area contributed by atoms with Gasteiger partial charge in [0.15, 0.2) is 9.84 Å². The summed E-state index contributed by atoms with van der Waals surface area (Å²) in [4.78, 5) is 11.6. The normalized spacial score (nSPS) is 25.2. The topological polar surface area (TPSA) is 98.5 Å². The van der Waals surface area contributed by atoms with Crippen molar-refractivity contribution in [3.05, 3.63) is 0 Å². The van der Waals surface area contributed by atoms with Gasteiger partial charge in [-0.3, -0.25) is 4.79 Å². The van der Waals surface area contributed by atoms with Crippen molar-refractivity contribution in [3.63, 3.8) is 0 Å². The largest absolute Gasteiger partial charge is 0.385 e. The number of nitrogens with one attached hydrogen (secondary N) is 1. The summed E-state index contributed by atoms with van der Waals surface area (Å²) in [5.74, 6) is -0.0608. The molecular formula is C10H20N2O4S. The first kappa shape index (κ1) is 14.4. The molecule has 0 bridgehead atoms. The number of rotatable bonds is 5. The lowest BCUT2D eigenvalue weighted by Gasteiger charge is -2.24. The number of carbonyl (C=O) groups excluding carboxylic acids is 1. The van der Waals surface area contributed by atoms with Crippen LogP contribution in [0.5, 0.6) is 0 Å². The maximum absolute atomic E-state index is 11.6. The Kier molecular flexibility index (Phi) is 5.35. The zero-order valence-corrected chi connectivity index (χ0v) is 10.8. The fourth-order valence-electron chi connectivity index (χ4n) is 1.82. The molecule has 0 aromatic carbocycles. The molecule has 1 fully saturated rings. The fraction of sp³-hybridized carbons (Fsp3) is 0.900. The quantitative estimate of drug-likeness (QED) is 0.666. The second-order valence-electron chi connectivity index (χ2n) is 4.35. The van der Waals surface area contributed by atoms with Gasteiger partial charge >= 0.3 is 0 Å². The number of carbonyl (C=O) groups is 1. The predicted octanol–water partition coefficient (Wildman–Crippen LogP) is -0.956. The lowest BCUT2D eigenvalue weighted by Crippen LogP contribution is -2.49. The van der Waals surface area contributed by atoms with E-state index in [4.69, 9.17) is 10.5 Å². The van der Waals surface area contributed by atoms with Gasteiger partial charge in [-0.2, -0.15) is 0 Å². The molecule has 100 valence electrons. The molecule has 1 saturated heterocycles. The molecule has 7 heteroatoms. The number of amides is 1. The van der Waals surface area contributed by atoms with Gasteiger partial charge in [0.2, 0.25) is 5.91 Å². The van der Waals surface area contributed by atoms with Gasteiger partial charge in [-0.15, -0.1) is 0 Å². The number of ether oxygens (including phenoxy) is 1. The summed E-state index contributed by atoms with van der Waals surface area (Å²) in [7, 11) is -1.46. The lowest BCUT2D eigenvalue weighted by atomic mass is 10.1. The molecule has 1 amide bonds. The molecule has 1 rings (SSSR count). The Morgan fingerprint density at radius 3 is 2.88 bits per heavy atom. The minimum atomic E-state index is -3.00. The lowest BCUT2D eigenvalue weighted by molar-refractivity contribution is -0.123. The standard InChI is InChI=1S/C10H20N2O4S/c1-16-5-4-9(11)10(13)12-8-3-2-6-17(14,15)7-8/h8-9H,2-7,11H2,1H3,(H,12,13). The highest BCUT2D eigenvalue weighted by Gasteiger charge is 2.27. The van der Waals surface area contributed by atoms with Crippen LogP contribution in [0, 0.1) is 0 Å². The van der Waals surface area contributed by atoms with Crippen LogP contribution in [0.3, 0.4) is 0 Å². The van der Waals surface area contributed by atoms with Crippen LogP contribution in [0.2, 0.25) is 0 Å². The molecule has 6 nitrogen and oxygen atoms in total. The van der Waals surface area contributed by atoms with E-state index >= 15 is 0 Å². The zero-order valence-electron chi connectivity index (χ0n) is 10.0. The van der Waals surface area contributed by atoms with Crippen LogP contribution < -0.4 is 11.1 Å². The van der Waals surface area contributed by atoms with Crippen molar-refractivity contribution in [1.29, 1.82) is 0 Å². The van der Waals surface area contributed by atoms with Gasteiger partial charge in [0, 0.05) is 19.8 Å². The van der Waals surface area contributed by atoms with E-state index in [-0.39, 0.29) is 23.5 Å². The van der Waals surface area contributed by atoms with Crippen LogP contribution >= 0.6 is 0 Å². The molecule has 2 unspecified atom stereocenters. The van der Waals surface area contributed by atoms with Crippen LogP contribution in [0.15, 0.2) is 0 Å². The molecule has 2 atom stereocenters. The summed E-state index contributed by atoms with van der Waals surface area (Å²) < 4.78 is 27.6. The Labute approximate surface area is 102 Å². The first-order valence-electron chi connectivity index (χ1n) is 5.70. The highest BCUT2D eigenvalue weighted by Crippen LogP contribution is 2.12. The predicted molar refractivity (Wildman–Crippen MR) is 64.3 cm³/mol. The number of nitrogens with two attached hydrogens (primary N) is 1. The van der Waals surface area contributed by atoms with E-state index in [2.05, 4.69) is 5.32 Å². The first-order valence-corrected chi connectivity index (χ1v) is 7.52. The van der Waals surface area contributed by atoms with Crippen molar-refractivity contribution in [2.75, 3.05) is 25.2 Å². The summed E-state index contributed by atoms with van der Waals surface area (Å²) in [6.45, 7) is 0.414. The van der Waals surface area contributed by atoms with E-state index in [1.165, 1.54) is 0 Å². The first-order chi connectivity index (χ1) is 7.94. The van der Waals surface area contributed by atoms with E-state index in [1.807, 2.05) is 0 Å². The average Bonchev–Trinajstić information content (AvgIpc) is 2.24. The van der Waals surface area contributed by atoms with Gasteiger partial charge in [-0.25, -0.2) is 8.42 Å². The molecule has 1 aliphatic heterocycles. The van der Waals surface area contributed by atoms with Gasteiger partial charge < -0.3 is 15.8 Å². The zero-order chi connectivity index (χ0) is 12.9. The summed E-state index contributed by atoms with van der Waals surface area (Å²) in [5.41, 5.74) is 5.65. The number of hydrogen-bond acceptors (Lipinski definition) is 5. The molecule has 1 aliphatic rings. The van der Waals surface area contributed by atoms with Crippen LogP contribution in [0.25, 0.3) is 0 Å². The Morgan fingerprint density at radius 2 is 2.29 bits per heavy atom. The number of sulfone groups is 1. The molecule has 0 spiro atoms. The monoisotopic (exact) mass is 264 g/mol. The van der Waals surface area contributed by atoms with Gasteiger partial charge in [-0.05, 0) is 19.3 Å². The Bertz CT molecular complexity index is 355. The molecule has 0 aliphatic carbocycles. The third-order valence-electron chi connectivity index (χ3n) is 2.78.